The van der Waals surface area contributed by atoms with Crippen LogP contribution in [0.5, 0.6) is 0 Å². The van der Waals surface area contributed by atoms with Crippen molar-refractivity contribution in [3.63, 3.8) is 0 Å². The summed E-state index contributed by atoms with van der Waals surface area (Å²) in [4.78, 5) is 10.4. The zero-order valence-corrected chi connectivity index (χ0v) is 17.6. The molecule has 28 heavy (non-hydrogen) atoms. The summed E-state index contributed by atoms with van der Waals surface area (Å²) in [5.41, 5.74) is 3.14. The third-order valence-corrected chi connectivity index (χ3v) is 7.01. The first-order valence-electron chi connectivity index (χ1n) is 10.9. The molecular formula is C23H33ClN4. The van der Waals surface area contributed by atoms with Crippen molar-refractivity contribution in [1.82, 2.24) is 15.2 Å². The van der Waals surface area contributed by atoms with Gasteiger partial charge in [0.05, 0.1) is 5.52 Å². The van der Waals surface area contributed by atoms with E-state index in [0.717, 1.165) is 25.2 Å². The maximum absolute atomic E-state index is 5.13. The first-order chi connectivity index (χ1) is 13.3. The van der Waals surface area contributed by atoms with E-state index in [0.29, 0.717) is 5.41 Å². The summed E-state index contributed by atoms with van der Waals surface area (Å²) >= 11 is 0. The van der Waals surface area contributed by atoms with E-state index in [2.05, 4.69) is 45.4 Å². The minimum absolute atomic E-state index is 0. The molecule has 0 atom stereocenters. The van der Waals surface area contributed by atoms with Gasteiger partial charge in [0.15, 0.2) is 0 Å². The number of nitrogens with zero attached hydrogens (tertiary/aromatic N) is 3. The molecule has 4 heterocycles. The topological polar surface area (TPSA) is 31.4 Å². The van der Waals surface area contributed by atoms with Gasteiger partial charge in [-0.3, -0.25) is 4.90 Å². The molecule has 5 heteroatoms. The van der Waals surface area contributed by atoms with E-state index in [4.69, 9.17) is 4.98 Å². The minimum Gasteiger partial charge on any atom is -0.356 e. The summed E-state index contributed by atoms with van der Waals surface area (Å²) in [7, 11) is 0. The van der Waals surface area contributed by atoms with Crippen molar-refractivity contribution >= 4 is 29.1 Å². The highest BCUT2D eigenvalue weighted by atomic mass is 35.5. The number of hydrogen-bond acceptors (Lipinski definition) is 4. The van der Waals surface area contributed by atoms with E-state index in [1.165, 1.54) is 81.5 Å². The molecule has 0 radical (unpaired) electrons. The Labute approximate surface area is 175 Å². The zero-order chi connectivity index (χ0) is 18.1. The number of para-hydroxylation sites is 1. The normalized spacial score (nSPS) is 22.5. The number of likely N-dealkylation sites (tertiary alicyclic amines) is 1. The number of halogens is 1. The molecule has 1 aromatic carbocycles. The number of rotatable bonds is 3. The second kappa shape index (κ2) is 8.56. The van der Waals surface area contributed by atoms with Crippen molar-refractivity contribution in [2.75, 3.05) is 44.2 Å². The molecule has 3 saturated heterocycles. The molecule has 5 rings (SSSR count). The Balaban J connectivity index is 0.00000192. The Kier molecular flexibility index (Phi) is 6.10. The van der Waals surface area contributed by atoms with Gasteiger partial charge in [0.25, 0.3) is 0 Å². The molecule has 3 fully saturated rings. The van der Waals surface area contributed by atoms with Gasteiger partial charge in [0, 0.05) is 37.1 Å². The average Bonchev–Trinajstić information content (AvgIpc) is 3.10. The fourth-order valence-electron chi connectivity index (χ4n) is 5.41. The molecule has 1 N–H and O–H groups in total. The van der Waals surface area contributed by atoms with E-state index in [-0.39, 0.29) is 12.4 Å². The predicted octanol–water partition coefficient (Wildman–Crippen LogP) is 4.22. The lowest BCUT2D eigenvalue weighted by atomic mass is 9.78. The molecule has 152 valence electrons. The van der Waals surface area contributed by atoms with Crippen LogP contribution in [0.4, 0.5) is 5.82 Å². The number of fused-ring (bicyclic) bond motifs is 1. The fraction of sp³-hybridized carbons (Fsp3) is 0.609. The lowest BCUT2D eigenvalue weighted by Gasteiger charge is -2.34. The molecule has 3 aliphatic rings. The smallest absolute Gasteiger partial charge is 0.133 e. The summed E-state index contributed by atoms with van der Waals surface area (Å²) in [6.45, 7) is 8.28. The largest absolute Gasteiger partial charge is 0.356 e. The molecular weight excluding hydrogens is 368 g/mol. The molecule has 0 amide bonds. The van der Waals surface area contributed by atoms with Crippen LogP contribution in [-0.4, -0.2) is 49.2 Å². The third-order valence-electron chi connectivity index (χ3n) is 7.01. The molecule has 0 bridgehead atoms. The molecule has 2 aromatic rings. The van der Waals surface area contributed by atoms with Gasteiger partial charge in [0.2, 0.25) is 0 Å². The van der Waals surface area contributed by atoms with Crippen molar-refractivity contribution in [3.8, 4) is 0 Å². The number of aromatic nitrogens is 1. The van der Waals surface area contributed by atoms with E-state index < -0.39 is 0 Å². The highest BCUT2D eigenvalue weighted by Gasteiger charge is 2.38. The Bertz CT molecular complexity index is 796. The van der Waals surface area contributed by atoms with Crippen molar-refractivity contribution in [2.24, 2.45) is 5.41 Å². The van der Waals surface area contributed by atoms with Crippen molar-refractivity contribution in [3.05, 3.63) is 35.9 Å². The van der Waals surface area contributed by atoms with Crippen LogP contribution < -0.4 is 10.2 Å². The third kappa shape index (κ3) is 4.00. The lowest BCUT2D eigenvalue weighted by molar-refractivity contribution is 0.194. The maximum Gasteiger partial charge on any atom is 0.133 e. The zero-order valence-electron chi connectivity index (χ0n) is 16.8. The van der Waals surface area contributed by atoms with Gasteiger partial charge in [-0.05, 0) is 75.7 Å². The first-order valence-corrected chi connectivity index (χ1v) is 10.9. The molecule has 4 nitrogen and oxygen atoms in total. The van der Waals surface area contributed by atoms with Crippen molar-refractivity contribution in [1.29, 1.82) is 0 Å². The fourth-order valence-corrected chi connectivity index (χ4v) is 5.41. The molecule has 3 aliphatic heterocycles. The van der Waals surface area contributed by atoms with Crippen LogP contribution in [-0.2, 0) is 6.54 Å². The number of piperidine rings is 2. The highest BCUT2D eigenvalue weighted by molar-refractivity contribution is 5.85. The van der Waals surface area contributed by atoms with E-state index in [1.54, 1.807) is 0 Å². The number of nitrogens with one attached hydrogen (secondary N) is 1. The Morgan fingerprint density at radius 3 is 2.57 bits per heavy atom. The SMILES string of the molecule is Cl.c1ccc2nc(N3CCCCC3)c(CN3CCC4(CCNCC4)C3)cc2c1. The van der Waals surface area contributed by atoms with Gasteiger partial charge in [-0.2, -0.15) is 0 Å². The second-order valence-corrected chi connectivity index (χ2v) is 8.92. The van der Waals surface area contributed by atoms with E-state index in [9.17, 15) is 0 Å². The van der Waals surface area contributed by atoms with Crippen molar-refractivity contribution < 1.29 is 0 Å². The number of pyridine rings is 1. The summed E-state index contributed by atoms with van der Waals surface area (Å²) < 4.78 is 0. The summed E-state index contributed by atoms with van der Waals surface area (Å²) in [6.07, 6.45) is 8.02. The van der Waals surface area contributed by atoms with Crippen LogP contribution in [0.25, 0.3) is 10.9 Å². The van der Waals surface area contributed by atoms with E-state index in [1.807, 2.05) is 0 Å². The number of anilines is 1. The van der Waals surface area contributed by atoms with Gasteiger partial charge < -0.3 is 10.2 Å². The molecule has 0 unspecified atom stereocenters. The lowest BCUT2D eigenvalue weighted by Crippen LogP contribution is -2.38. The van der Waals surface area contributed by atoms with Crippen LogP contribution in [0.2, 0.25) is 0 Å². The Morgan fingerprint density at radius 2 is 1.75 bits per heavy atom. The van der Waals surface area contributed by atoms with Gasteiger partial charge >= 0.3 is 0 Å². The van der Waals surface area contributed by atoms with Crippen LogP contribution >= 0.6 is 12.4 Å². The quantitative estimate of drug-likeness (QED) is 0.835. The first kappa shape index (κ1) is 19.9. The Morgan fingerprint density at radius 1 is 0.964 bits per heavy atom. The Hall–Kier alpha value is -1.36. The molecule has 1 aromatic heterocycles. The maximum atomic E-state index is 5.13. The second-order valence-electron chi connectivity index (χ2n) is 8.92. The van der Waals surface area contributed by atoms with Gasteiger partial charge in [0.1, 0.15) is 5.82 Å². The highest BCUT2D eigenvalue weighted by Crippen LogP contribution is 2.39. The van der Waals surface area contributed by atoms with Crippen LogP contribution in [0.3, 0.4) is 0 Å². The monoisotopic (exact) mass is 400 g/mol. The average molecular weight is 401 g/mol. The van der Waals surface area contributed by atoms with Gasteiger partial charge in [-0.1, -0.05) is 18.2 Å². The predicted molar refractivity (Wildman–Crippen MR) is 119 cm³/mol. The molecule has 0 aliphatic carbocycles. The van der Waals surface area contributed by atoms with Crippen molar-refractivity contribution in [2.45, 2.75) is 45.1 Å². The van der Waals surface area contributed by atoms with Gasteiger partial charge in [-0.25, -0.2) is 4.98 Å². The minimum atomic E-state index is 0. The van der Waals surface area contributed by atoms with Crippen LogP contribution in [0.15, 0.2) is 30.3 Å². The molecule has 1 spiro atoms. The van der Waals surface area contributed by atoms with Crippen LogP contribution in [0, 0.1) is 5.41 Å². The van der Waals surface area contributed by atoms with E-state index >= 15 is 0 Å². The van der Waals surface area contributed by atoms with Gasteiger partial charge in [-0.15, -0.1) is 12.4 Å². The van der Waals surface area contributed by atoms with Crippen LogP contribution in [0.1, 0.15) is 44.1 Å². The number of hydrogen-bond donors (Lipinski definition) is 1. The summed E-state index contributed by atoms with van der Waals surface area (Å²) in [6, 6.07) is 11.0. The number of benzene rings is 1. The summed E-state index contributed by atoms with van der Waals surface area (Å²) in [5.74, 6) is 1.25. The molecule has 0 saturated carbocycles. The summed E-state index contributed by atoms with van der Waals surface area (Å²) in [5, 5.41) is 4.82. The standard InChI is InChI=1S/C23H32N4.ClH/c1-4-13-27(14-5-1)22-20(16-19-6-2-3-7-21(19)25-22)17-26-15-10-23(18-26)8-11-24-12-9-23;/h2-3,6-7,16,24H,1,4-5,8-15,17-18H2;1H.